The monoisotopic (exact) mass is 140 g/mol. The van der Waals surface area contributed by atoms with Gasteiger partial charge in [-0.1, -0.05) is 6.07 Å². The van der Waals surface area contributed by atoms with Gasteiger partial charge in [-0.2, -0.15) is 0 Å². The molecule has 0 aliphatic carbocycles. The van der Waals surface area contributed by atoms with Crippen molar-refractivity contribution in [2.24, 2.45) is 0 Å². The molecule has 0 amide bonds. The summed E-state index contributed by atoms with van der Waals surface area (Å²) in [5.41, 5.74) is 0. The van der Waals surface area contributed by atoms with Crippen LogP contribution in [0, 0.1) is 0 Å². The van der Waals surface area contributed by atoms with E-state index in [0.717, 1.165) is 0 Å². The van der Waals surface area contributed by atoms with Crippen molar-refractivity contribution in [2.45, 2.75) is 0 Å². The lowest BCUT2D eigenvalue weighted by atomic mass is 10.3. The van der Waals surface area contributed by atoms with E-state index in [1.807, 2.05) is 0 Å². The molecule has 0 atom stereocenters. The van der Waals surface area contributed by atoms with Crippen LogP contribution in [-0.2, 0) is 0 Å². The van der Waals surface area contributed by atoms with Crippen molar-refractivity contribution in [3.05, 3.63) is 30.6 Å². The van der Waals surface area contributed by atoms with Crippen LogP contribution in [0.5, 0.6) is 0 Å². The summed E-state index contributed by atoms with van der Waals surface area (Å²) in [7, 11) is -1.77. The Hall–Kier alpha value is -1.07. The van der Waals surface area contributed by atoms with Crippen molar-refractivity contribution in [1.29, 1.82) is 0 Å². The zero-order chi connectivity index (χ0) is 7.40. The Morgan fingerprint density at radius 3 is 2.20 bits per heavy atom. The first-order valence-corrected chi connectivity index (χ1v) is 2.78. The summed E-state index contributed by atoms with van der Waals surface area (Å²) in [5.74, 6) is 0. The van der Waals surface area contributed by atoms with Gasteiger partial charge in [-0.05, 0) is 4.73 Å². The van der Waals surface area contributed by atoms with Gasteiger partial charge in [0.2, 0.25) is 12.4 Å². The van der Waals surface area contributed by atoms with Gasteiger partial charge < -0.3 is 10.0 Å². The summed E-state index contributed by atoms with van der Waals surface area (Å²) in [6.45, 7) is 0. The fourth-order valence-electron chi connectivity index (χ4n) is 0.562. The van der Waals surface area contributed by atoms with Gasteiger partial charge >= 0.3 is 7.32 Å². The molecule has 0 aliphatic heterocycles. The molecular weight excluding hydrogens is 133 g/mol. The number of aromatic nitrogens is 1. The molecule has 1 rings (SSSR count). The molecule has 0 saturated heterocycles. The van der Waals surface area contributed by atoms with Gasteiger partial charge in [0.05, 0.1) is 0 Å². The minimum atomic E-state index is -1.77. The van der Waals surface area contributed by atoms with Gasteiger partial charge in [0.15, 0.2) is 0 Å². The Labute approximate surface area is 58.4 Å². The highest BCUT2D eigenvalue weighted by Gasteiger charge is 2.16. The van der Waals surface area contributed by atoms with Gasteiger partial charge in [0.1, 0.15) is 0 Å². The van der Waals surface area contributed by atoms with E-state index in [9.17, 15) is 0 Å². The van der Waals surface area contributed by atoms with E-state index in [1.54, 1.807) is 30.6 Å². The van der Waals surface area contributed by atoms with E-state index in [1.165, 1.54) is 4.73 Å². The highest BCUT2D eigenvalue weighted by atomic mass is 16.7. The van der Waals surface area contributed by atoms with Crippen LogP contribution in [0.25, 0.3) is 0 Å². The van der Waals surface area contributed by atoms with E-state index in [0.29, 0.717) is 0 Å². The average molecular weight is 140 g/mol. The zero-order valence-corrected chi connectivity index (χ0v) is 5.21. The van der Waals surface area contributed by atoms with Crippen LogP contribution in [0.15, 0.2) is 30.6 Å². The SMILES string of the molecule is OB(O)O[n+]1ccccc1. The van der Waals surface area contributed by atoms with Crippen LogP contribution in [0.1, 0.15) is 0 Å². The van der Waals surface area contributed by atoms with E-state index in [-0.39, 0.29) is 0 Å². The third-order valence-corrected chi connectivity index (χ3v) is 0.904. The lowest BCUT2D eigenvalue weighted by Crippen LogP contribution is -2.49. The van der Waals surface area contributed by atoms with E-state index < -0.39 is 7.32 Å². The van der Waals surface area contributed by atoms with E-state index in [2.05, 4.69) is 4.76 Å². The Balaban J connectivity index is 2.59. The van der Waals surface area contributed by atoms with Crippen LogP contribution < -0.4 is 9.49 Å². The molecule has 5 heteroatoms. The molecule has 0 bridgehead atoms. The fourth-order valence-corrected chi connectivity index (χ4v) is 0.562. The molecule has 0 aliphatic rings. The van der Waals surface area contributed by atoms with Crippen molar-refractivity contribution in [2.75, 3.05) is 0 Å². The van der Waals surface area contributed by atoms with Crippen molar-refractivity contribution in [3.63, 3.8) is 0 Å². The molecule has 0 aromatic carbocycles. The number of pyridine rings is 1. The number of rotatable bonds is 2. The first kappa shape index (κ1) is 7.05. The minimum absolute atomic E-state index is 1.20. The molecule has 52 valence electrons. The van der Waals surface area contributed by atoms with Gasteiger partial charge in [0, 0.05) is 12.1 Å². The molecule has 1 aromatic rings. The van der Waals surface area contributed by atoms with E-state index >= 15 is 0 Å². The predicted molar refractivity (Wildman–Crippen MR) is 33.4 cm³/mol. The Morgan fingerprint density at radius 1 is 1.10 bits per heavy atom. The van der Waals surface area contributed by atoms with Crippen LogP contribution in [0.3, 0.4) is 0 Å². The lowest BCUT2D eigenvalue weighted by molar-refractivity contribution is -0.866. The Bertz CT molecular complexity index is 191. The Kier molecular flexibility index (Phi) is 2.25. The molecule has 0 fully saturated rings. The topological polar surface area (TPSA) is 53.6 Å². The second kappa shape index (κ2) is 3.19. The molecule has 1 aromatic heterocycles. The molecular formula is C5H7BNO3+. The van der Waals surface area contributed by atoms with Gasteiger partial charge in [-0.25, -0.2) is 0 Å². The predicted octanol–water partition coefficient (Wildman–Crippen LogP) is -1.63. The summed E-state index contributed by atoms with van der Waals surface area (Å²) in [5, 5.41) is 16.6. The summed E-state index contributed by atoms with van der Waals surface area (Å²) >= 11 is 0. The quantitative estimate of drug-likeness (QED) is 0.383. The molecule has 10 heavy (non-hydrogen) atoms. The maximum absolute atomic E-state index is 8.32. The first-order valence-electron chi connectivity index (χ1n) is 2.78. The number of hydrogen-bond acceptors (Lipinski definition) is 3. The van der Waals surface area contributed by atoms with Crippen LogP contribution in [-0.4, -0.2) is 17.4 Å². The van der Waals surface area contributed by atoms with Crippen molar-refractivity contribution in [1.82, 2.24) is 0 Å². The summed E-state index contributed by atoms with van der Waals surface area (Å²) < 4.78 is 5.64. The van der Waals surface area contributed by atoms with Crippen LogP contribution in [0.4, 0.5) is 0 Å². The molecule has 0 unspecified atom stereocenters. The smallest absolute Gasteiger partial charge is 0.387 e. The highest BCUT2D eigenvalue weighted by molar-refractivity contribution is 6.32. The number of nitrogens with zero attached hydrogens (tertiary/aromatic N) is 1. The molecule has 1 heterocycles. The third kappa shape index (κ3) is 2.04. The zero-order valence-electron chi connectivity index (χ0n) is 5.21. The normalized spacial score (nSPS) is 9.00. The van der Waals surface area contributed by atoms with Gasteiger partial charge in [-0.15, -0.1) is 0 Å². The number of hydrogen-bond donors (Lipinski definition) is 2. The maximum Gasteiger partial charge on any atom is 0.771 e. The third-order valence-electron chi connectivity index (χ3n) is 0.904. The molecule has 0 saturated carbocycles. The second-order valence-electron chi connectivity index (χ2n) is 1.67. The lowest BCUT2D eigenvalue weighted by Gasteiger charge is -1.92. The highest BCUT2D eigenvalue weighted by Crippen LogP contribution is 1.74. The van der Waals surface area contributed by atoms with Crippen molar-refractivity contribution in [3.8, 4) is 0 Å². The van der Waals surface area contributed by atoms with Crippen molar-refractivity contribution < 1.29 is 19.5 Å². The average Bonchev–Trinajstić information content (AvgIpc) is 1.88. The van der Waals surface area contributed by atoms with Crippen molar-refractivity contribution >= 4 is 7.32 Å². The fraction of sp³-hybridized carbons (Fsp3) is 0. The first-order chi connectivity index (χ1) is 4.79. The molecule has 0 spiro atoms. The standard InChI is InChI=1S/C5H7BNO3/c8-6(9)10-7-4-2-1-3-5-7/h1-5,8-9H/q+1. The largest absolute Gasteiger partial charge is 0.771 e. The molecule has 4 nitrogen and oxygen atoms in total. The summed E-state index contributed by atoms with van der Waals surface area (Å²) in [4.78, 5) is 0. The Morgan fingerprint density at radius 2 is 1.70 bits per heavy atom. The van der Waals surface area contributed by atoms with Gasteiger partial charge in [0.25, 0.3) is 0 Å². The second-order valence-corrected chi connectivity index (χ2v) is 1.67. The van der Waals surface area contributed by atoms with Crippen LogP contribution in [0.2, 0.25) is 0 Å². The maximum atomic E-state index is 8.32. The summed E-state index contributed by atoms with van der Waals surface area (Å²) in [6, 6.07) is 5.22. The van der Waals surface area contributed by atoms with Crippen LogP contribution >= 0.6 is 0 Å². The van der Waals surface area contributed by atoms with E-state index in [4.69, 9.17) is 10.0 Å². The van der Waals surface area contributed by atoms with Gasteiger partial charge in [-0.3, -0.25) is 4.76 Å². The summed E-state index contributed by atoms with van der Waals surface area (Å²) in [6.07, 6.45) is 3.11. The minimum Gasteiger partial charge on any atom is -0.387 e. The molecule has 0 radical (unpaired) electrons. The molecule has 2 N–H and O–H groups in total.